The van der Waals surface area contributed by atoms with Crippen molar-refractivity contribution in [2.45, 2.75) is 46.1 Å². The number of hydrogen-bond donors (Lipinski definition) is 2. The molecule has 6 nitrogen and oxygen atoms in total. The summed E-state index contributed by atoms with van der Waals surface area (Å²) in [5, 5.41) is 16.1. The van der Waals surface area contributed by atoms with Gasteiger partial charge in [-0.1, -0.05) is 32.4 Å². The fourth-order valence-electron chi connectivity index (χ4n) is 3.67. The fourth-order valence-corrected chi connectivity index (χ4v) is 3.67. The topological polar surface area (TPSA) is 84.2 Å². The van der Waals surface area contributed by atoms with E-state index in [-0.39, 0.29) is 17.0 Å². The summed E-state index contributed by atoms with van der Waals surface area (Å²) >= 11 is 0. The molecule has 1 amide bonds. The van der Waals surface area contributed by atoms with E-state index in [1.165, 1.54) is 10.7 Å². The van der Waals surface area contributed by atoms with Crippen LogP contribution in [0.4, 0.5) is 0 Å². The molecule has 26 heavy (non-hydrogen) atoms. The van der Waals surface area contributed by atoms with Crippen molar-refractivity contribution in [2.75, 3.05) is 0 Å². The molecule has 2 N–H and O–H groups in total. The number of hydrogen-bond acceptors (Lipinski definition) is 3. The maximum absolute atomic E-state index is 12.7. The van der Waals surface area contributed by atoms with Crippen LogP contribution in [-0.4, -0.2) is 26.8 Å². The Bertz CT molecular complexity index is 806. The molecule has 1 saturated carbocycles. The highest BCUT2D eigenvalue weighted by molar-refractivity contribution is 5.85. The first-order valence-electron chi connectivity index (χ1n) is 9.06. The van der Waals surface area contributed by atoms with Gasteiger partial charge in [-0.3, -0.25) is 4.79 Å². The lowest BCUT2D eigenvalue weighted by molar-refractivity contribution is -0.137. The summed E-state index contributed by atoms with van der Waals surface area (Å²) in [5.74, 6) is -0.397. The van der Waals surface area contributed by atoms with E-state index in [9.17, 15) is 9.59 Å². The smallest absolute Gasteiger partial charge is 0.356 e. The molecule has 0 spiro atoms. The molecule has 0 atom stereocenters. The Balaban J connectivity index is 1.67. The van der Waals surface area contributed by atoms with Gasteiger partial charge in [0.15, 0.2) is 5.69 Å². The Morgan fingerprint density at radius 1 is 1.31 bits per heavy atom. The van der Waals surface area contributed by atoms with Gasteiger partial charge in [-0.2, -0.15) is 5.10 Å². The van der Waals surface area contributed by atoms with E-state index in [1.807, 2.05) is 24.3 Å². The van der Waals surface area contributed by atoms with E-state index in [0.29, 0.717) is 12.5 Å². The van der Waals surface area contributed by atoms with E-state index in [1.54, 1.807) is 6.20 Å². The van der Waals surface area contributed by atoms with Crippen molar-refractivity contribution in [3.8, 4) is 5.69 Å². The predicted octanol–water partition coefficient (Wildman–Crippen LogP) is 3.40. The van der Waals surface area contributed by atoms with Crippen molar-refractivity contribution in [3.63, 3.8) is 0 Å². The lowest BCUT2D eigenvalue weighted by atomic mass is 9.64. The van der Waals surface area contributed by atoms with Crippen LogP contribution in [0.25, 0.3) is 5.69 Å². The highest BCUT2D eigenvalue weighted by Crippen LogP contribution is 2.46. The third-order valence-electron chi connectivity index (χ3n) is 5.03. The number of nitrogens with zero attached hydrogens (tertiary/aromatic N) is 2. The number of carbonyl (C=O) groups is 2. The lowest BCUT2D eigenvalue weighted by Crippen LogP contribution is -2.46. The number of carbonyl (C=O) groups excluding carboxylic acids is 1. The van der Waals surface area contributed by atoms with Gasteiger partial charge in [-0.25, -0.2) is 9.48 Å². The van der Waals surface area contributed by atoms with Crippen molar-refractivity contribution in [3.05, 3.63) is 47.8 Å². The van der Waals surface area contributed by atoms with Gasteiger partial charge < -0.3 is 10.4 Å². The second kappa shape index (κ2) is 7.32. The first kappa shape index (κ1) is 18.2. The molecule has 0 aliphatic heterocycles. The third-order valence-corrected chi connectivity index (χ3v) is 5.03. The van der Waals surface area contributed by atoms with Gasteiger partial charge in [0.25, 0.3) is 0 Å². The van der Waals surface area contributed by atoms with Crippen LogP contribution in [0.3, 0.4) is 0 Å². The Morgan fingerprint density at radius 2 is 2.08 bits per heavy atom. The second-order valence-corrected chi connectivity index (χ2v) is 7.54. The number of benzene rings is 1. The molecule has 2 aromatic rings. The predicted molar refractivity (Wildman–Crippen MR) is 98.1 cm³/mol. The maximum atomic E-state index is 12.7. The molecule has 1 heterocycles. The minimum absolute atomic E-state index is 0.00400. The molecule has 138 valence electrons. The molecule has 1 aliphatic rings. The van der Waals surface area contributed by atoms with E-state index < -0.39 is 5.97 Å². The minimum atomic E-state index is -1.05. The summed E-state index contributed by atoms with van der Waals surface area (Å²) in [5.41, 5.74) is 1.54. The monoisotopic (exact) mass is 355 g/mol. The van der Waals surface area contributed by atoms with Crippen LogP contribution in [0.2, 0.25) is 0 Å². The summed E-state index contributed by atoms with van der Waals surface area (Å²) in [7, 11) is 0. The van der Waals surface area contributed by atoms with E-state index in [4.69, 9.17) is 5.11 Å². The van der Waals surface area contributed by atoms with Crippen molar-refractivity contribution in [1.82, 2.24) is 15.1 Å². The molecule has 0 saturated heterocycles. The average Bonchev–Trinajstić information content (AvgIpc) is 3.06. The summed E-state index contributed by atoms with van der Waals surface area (Å²) in [6.07, 6.45) is 5.63. The lowest BCUT2D eigenvalue weighted by Gasteiger charge is -2.41. The summed E-state index contributed by atoms with van der Waals surface area (Å²) in [6.45, 7) is 4.78. The average molecular weight is 355 g/mol. The van der Waals surface area contributed by atoms with Crippen molar-refractivity contribution in [1.29, 1.82) is 0 Å². The SMILES string of the molecule is CC(C)CC1(C(=O)NCc2cccc(-n3ccc(C(=O)O)n3)c2)CCC1. The van der Waals surface area contributed by atoms with E-state index in [0.717, 1.165) is 36.9 Å². The summed E-state index contributed by atoms with van der Waals surface area (Å²) < 4.78 is 1.53. The molecule has 0 bridgehead atoms. The highest BCUT2D eigenvalue weighted by Gasteiger charge is 2.43. The second-order valence-electron chi connectivity index (χ2n) is 7.54. The van der Waals surface area contributed by atoms with Gasteiger partial charge >= 0.3 is 5.97 Å². The van der Waals surface area contributed by atoms with Gasteiger partial charge in [0.1, 0.15) is 0 Å². The van der Waals surface area contributed by atoms with Gasteiger partial charge in [-0.15, -0.1) is 0 Å². The molecule has 1 fully saturated rings. The Kier molecular flexibility index (Phi) is 5.11. The molecular weight excluding hydrogens is 330 g/mol. The molecule has 0 unspecified atom stereocenters. The zero-order valence-corrected chi connectivity index (χ0v) is 15.2. The van der Waals surface area contributed by atoms with Crippen LogP contribution in [0, 0.1) is 11.3 Å². The van der Waals surface area contributed by atoms with E-state index in [2.05, 4.69) is 24.3 Å². The van der Waals surface area contributed by atoms with Crippen molar-refractivity contribution < 1.29 is 14.7 Å². The molecule has 0 radical (unpaired) electrons. The van der Waals surface area contributed by atoms with Crippen molar-refractivity contribution in [2.24, 2.45) is 11.3 Å². The molecule has 6 heteroatoms. The van der Waals surface area contributed by atoms with Crippen LogP contribution < -0.4 is 5.32 Å². The standard InChI is InChI=1S/C20H25N3O3/c1-14(2)12-20(8-4-9-20)19(26)21-13-15-5-3-6-16(11-15)23-10-7-17(22-23)18(24)25/h3,5-7,10-11,14H,4,8-9,12-13H2,1-2H3,(H,21,26)(H,24,25). The molecular formula is C20H25N3O3. The number of aromatic carboxylic acids is 1. The Hall–Kier alpha value is -2.63. The maximum Gasteiger partial charge on any atom is 0.356 e. The Morgan fingerprint density at radius 3 is 2.65 bits per heavy atom. The number of amides is 1. The van der Waals surface area contributed by atoms with Crippen molar-refractivity contribution >= 4 is 11.9 Å². The van der Waals surface area contributed by atoms with E-state index >= 15 is 0 Å². The first-order valence-corrected chi connectivity index (χ1v) is 9.06. The van der Waals surface area contributed by atoms with Gasteiger partial charge in [0.2, 0.25) is 5.91 Å². The summed E-state index contributed by atoms with van der Waals surface area (Å²) in [4.78, 5) is 23.7. The quantitative estimate of drug-likeness (QED) is 0.797. The first-order chi connectivity index (χ1) is 12.4. The zero-order chi connectivity index (χ0) is 18.7. The number of aromatic nitrogens is 2. The van der Waals surface area contributed by atoms with Crippen LogP contribution in [-0.2, 0) is 11.3 Å². The molecule has 1 aromatic carbocycles. The number of nitrogens with one attached hydrogen (secondary N) is 1. The Labute approximate surface area is 153 Å². The molecule has 3 rings (SSSR count). The van der Waals surface area contributed by atoms with Gasteiger partial charge in [-0.05, 0) is 48.9 Å². The largest absolute Gasteiger partial charge is 0.476 e. The van der Waals surface area contributed by atoms with Gasteiger partial charge in [0.05, 0.1) is 5.69 Å². The van der Waals surface area contributed by atoms with Crippen LogP contribution in [0.5, 0.6) is 0 Å². The number of rotatable bonds is 7. The van der Waals surface area contributed by atoms with Crippen LogP contribution >= 0.6 is 0 Å². The van der Waals surface area contributed by atoms with Gasteiger partial charge in [0, 0.05) is 18.2 Å². The number of carboxylic acids is 1. The highest BCUT2D eigenvalue weighted by atomic mass is 16.4. The normalized spacial score (nSPS) is 15.5. The van der Waals surface area contributed by atoms with Crippen LogP contribution in [0.1, 0.15) is 55.6 Å². The third kappa shape index (κ3) is 3.79. The minimum Gasteiger partial charge on any atom is -0.476 e. The molecule has 1 aliphatic carbocycles. The fraction of sp³-hybridized carbons (Fsp3) is 0.450. The molecule has 1 aromatic heterocycles. The number of carboxylic acid groups (broad SMARTS) is 1. The van der Waals surface area contributed by atoms with Crippen LogP contribution in [0.15, 0.2) is 36.5 Å². The zero-order valence-electron chi connectivity index (χ0n) is 15.2. The summed E-state index contributed by atoms with van der Waals surface area (Å²) in [6, 6.07) is 9.06.